The van der Waals surface area contributed by atoms with Crippen LogP contribution in [0.15, 0.2) is 38.6 Å². The second-order valence-electron chi connectivity index (χ2n) is 3.16. The van der Waals surface area contributed by atoms with Gasteiger partial charge in [-0.25, -0.2) is 13.1 Å². The zero-order chi connectivity index (χ0) is 12.3. The van der Waals surface area contributed by atoms with Crippen molar-refractivity contribution in [2.45, 2.75) is 10.8 Å². The third-order valence-electron chi connectivity index (χ3n) is 1.92. The highest BCUT2D eigenvalue weighted by molar-refractivity contribution is 9.10. The van der Waals surface area contributed by atoms with Crippen molar-refractivity contribution in [2.24, 2.45) is 0 Å². The Morgan fingerprint density at radius 1 is 1.41 bits per heavy atom. The van der Waals surface area contributed by atoms with Crippen LogP contribution >= 0.6 is 27.3 Å². The van der Waals surface area contributed by atoms with Crippen molar-refractivity contribution in [2.75, 3.05) is 0 Å². The Morgan fingerprint density at radius 2 is 2.24 bits per heavy atom. The molecule has 0 saturated carbocycles. The maximum Gasteiger partial charge on any atom is 0.250 e. The maximum atomic E-state index is 11.9. The fourth-order valence-corrected chi connectivity index (χ4v) is 4.02. The van der Waals surface area contributed by atoms with E-state index in [4.69, 9.17) is 0 Å². The van der Waals surface area contributed by atoms with Gasteiger partial charge in [0.25, 0.3) is 0 Å². The zero-order valence-electron chi connectivity index (χ0n) is 8.50. The van der Waals surface area contributed by atoms with E-state index in [-0.39, 0.29) is 10.8 Å². The van der Waals surface area contributed by atoms with Crippen LogP contribution in [0.1, 0.15) is 5.56 Å². The first-order chi connectivity index (χ1) is 8.08. The fraction of sp³-hybridized carbons (Fsp3) is 0.111. The number of nitrogens with one attached hydrogen (secondary N) is 1. The van der Waals surface area contributed by atoms with Crippen LogP contribution in [-0.2, 0) is 16.6 Å². The lowest BCUT2D eigenvalue weighted by Gasteiger charge is -2.03. The van der Waals surface area contributed by atoms with Crippen molar-refractivity contribution in [3.63, 3.8) is 0 Å². The van der Waals surface area contributed by atoms with E-state index in [1.54, 1.807) is 17.5 Å². The number of nitrogens with zero attached hydrogens (tertiary/aromatic N) is 2. The van der Waals surface area contributed by atoms with Crippen molar-refractivity contribution < 1.29 is 8.42 Å². The molecule has 0 unspecified atom stereocenters. The standard InChI is InChI=1S/C9H8BrN3O2S2/c10-8-3-9(16-6-8)17(14,15)13-5-7-1-2-11-12-4-7/h1-4,6,13H,5H2. The number of hydrogen-bond acceptors (Lipinski definition) is 5. The third-order valence-corrected chi connectivity index (χ3v) is 5.52. The highest BCUT2D eigenvalue weighted by Crippen LogP contribution is 2.23. The van der Waals surface area contributed by atoms with Crippen LogP contribution in [0.3, 0.4) is 0 Å². The number of thiophene rings is 1. The van der Waals surface area contributed by atoms with Crippen LogP contribution in [0.4, 0.5) is 0 Å². The van der Waals surface area contributed by atoms with Crippen molar-refractivity contribution >= 4 is 37.3 Å². The molecule has 17 heavy (non-hydrogen) atoms. The third kappa shape index (κ3) is 3.32. The van der Waals surface area contributed by atoms with Crippen molar-refractivity contribution in [1.82, 2.24) is 14.9 Å². The molecule has 0 saturated heterocycles. The van der Waals surface area contributed by atoms with Crippen LogP contribution in [0.25, 0.3) is 0 Å². The van der Waals surface area contributed by atoms with E-state index >= 15 is 0 Å². The number of halogens is 1. The fourth-order valence-electron chi connectivity index (χ4n) is 1.11. The predicted octanol–water partition coefficient (Wildman–Crippen LogP) is 1.78. The van der Waals surface area contributed by atoms with Gasteiger partial charge in [0.05, 0.1) is 6.20 Å². The van der Waals surface area contributed by atoms with Crippen LogP contribution in [0.5, 0.6) is 0 Å². The van der Waals surface area contributed by atoms with E-state index in [0.29, 0.717) is 0 Å². The van der Waals surface area contributed by atoms with E-state index in [1.807, 2.05) is 0 Å². The average molecular weight is 334 g/mol. The summed E-state index contributed by atoms with van der Waals surface area (Å²) in [4.78, 5) is 0. The highest BCUT2D eigenvalue weighted by Gasteiger charge is 2.15. The Bertz CT molecular complexity index is 598. The Labute approximate surface area is 111 Å². The van der Waals surface area contributed by atoms with Crippen molar-refractivity contribution in [1.29, 1.82) is 0 Å². The Kier molecular flexibility index (Phi) is 3.87. The summed E-state index contributed by atoms with van der Waals surface area (Å²) in [7, 11) is -3.45. The second-order valence-corrected chi connectivity index (χ2v) is 6.98. The lowest BCUT2D eigenvalue weighted by atomic mass is 10.3. The SMILES string of the molecule is O=S(=O)(NCc1ccnnc1)c1cc(Br)cs1. The number of sulfonamides is 1. The largest absolute Gasteiger partial charge is 0.250 e. The predicted molar refractivity (Wildman–Crippen MR) is 68.1 cm³/mol. The Morgan fingerprint density at radius 3 is 2.82 bits per heavy atom. The first-order valence-electron chi connectivity index (χ1n) is 4.57. The molecule has 2 aromatic heterocycles. The second kappa shape index (κ2) is 5.21. The molecule has 90 valence electrons. The van der Waals surface area contributed by atoms with Crippen LogP contribution in [0.2, 0.25) is 0 Å². The number of rotatable bonds is 4. The average Bonchev–Trinajstić information content (AvgIpc) is 2.76. The van der Waals surface area contributed by atoms with E-state index in [0.717, 1.165) is 10.0 Å². The van der Waals surface area contributed by atoms with Crippen LogP contribution in [-0.4, -0.2) is 18.6 Å². The summed E-state index contributed by atoms with van der Waals surface area (Å²) in [6.07, 6.45) is 3.04. The van der Waals surface area contributed by atoms with Gasteiger partial charge < -0.3 is 0 Å². The monoisotopic (exact) mass is 333 g/mol. The number of hydrogen-bond donors (Lipinski definition) is 1. The smallest absolute Gasteiger partial charge is 0.206 e. The molecule has 0 bridgehead atoms. The van der Waals surface area contributed by atoms with E-state index in [1.165, 1.54) is 23.7 Å². The van der Waals surface area contributed by atoms with Gasteiger partial charge in [0, 0.05) is 22.6 Å². The van der Waals surface area contributed by atoms with Crippen molar-refractivity contribution in [3.05, 3.63) is 39.9 Å². The molecule has 0 amide bonds. The number of aromatic nitrogens is 2. The van der Waals surface area contributed by atoms with Gasteiger partial charge in [-0.2, -0.15) is 10.2 Å². The minimum atomic E-state index is -3.45. The van der Waals surface area contributed by atoms with Gasteiger partial charge in [-0.1, -0.05) is 0 Å². The van der Waals surface area contributed by atoms with E-state index in [9.17, 15) is 8.42 Å². The van der Waals surface area contributed by atoms with Crippen LogP contribution in [0, 0.1) is 0 Å². The summed E-state index contributed by atoms with van der Waals surface area (Å²) in [5, 5.41) is 9.02. The molecular weight excluding hydrogens is 326 g/mol. The van der Waals surface area contributed by atoms with Gasteiger partial charge in [0.1, 0.15) is 4.21 Å². The molecule has 0 radical (unpaired) electrons. The van der Waals surface area contributed by atoms with Gasteiger partial charge in [0.15, 0.2) is 0 Å². The first-order valence-corrected chi connectivity index (χ1v) is 7.73. The summed E-state index contributed by atoms with van der Waals surface area (Å²) >= 11 is 4.39. The molecular formula is C9H8BrN3O2S2. The Balaban J connectivity index is 2.09. The summed E-state index contributed by atoms with van der Waals surface area (Å²) in [5.74, 6) is 0. The summed E-state index contributed by atoms with van der Waals surface area (Å²) in [5.41, 5.74) is 0.763. The minimum absolute atomic E-state index is 0.202. The highest BCUT2D eigenvalue weighted by atomic mass is 79.9. The molecule has 0 aliphatic carbocycles. The topological polar surface area (TPSA) is 72.0 Å². The van der Waals surface area contributed by atoms with Gasteiger partial charge in [-0.15, -0.1) is 11.3 Å². The Hall–Kier alpha value is -0.830. The molecule has 1 N–H and O–H groups in total. The lowest BCUT2D eigenvalue weighted by molar-refractivity contribution is 0.583. The zero-order valence-corrected chi connectivity index (χ0v) is 11.7. The molecule has 0 spiro atoms. The van der Waals surface area contributed by atoms with Crippen molar-refractivity contribution in [3.8, 4) is 0 Å². The molecule has 0 aliphatic heterocycles. The van der Waals surface area contributed by atoms with Gasteiger partial charge in [0.2, 0.25) is 10.0 Å². The molecule has 0 fully saturated rings. The van der Waals surface area contributed by atoms with E-state index in [2.05, 4.69) is 30.8 Å². The molecule has 0 atom stereocenters. The quantitative estimate of drug-likeness (QED) is 0.925. The minimum Gasteiger partial charge on any atom is -0.206 e. The normalized spacial score (nSPS) is 11.6. The molecule has 2 heterocycles. The first kappa shape index (κ1) is 12.6. The molecule has 5 nitrogen and oxygen atoms in total. The molecule has 8 heteroatoms. The lowest BCUT2D eigenvalue weighted by Crippen LogP contribution is -2.22. The molecule has 0 aliphatic rings. The van der Waals surface area contributed by atoms with Crippen LogP contribution < -0.4 is 4.72 Å². The van der Waals surface area contributed by atoms with Gasteiger partial charge in [-0.3, -0.25) is 0 Å². The molecule has 2 rings (SSSR count). The van der Waals surface area contributed by atoms with E-state index < -0.39 is 10.0 Å². The summed E-state index contributed by atoms with van der Waals surface area (Å²) in [6, 6.07) is 3.28. The summed E-state index contributed by atoms with van der Waals surface area (Å²) < 4.78 is 27.3. The maximum absolute atomic E-state index is 11.9. The van der Waals surface area contributed by atoms with Gasteiger partial charge in [-0.05, 0) is 33.6 Å². The summed E-state index contributed by atoms with van der Waals surface area (Å²) in [6.45, 7) is 0.202. The molecule has 0 aromatic carbocycles. The molecule has 2 aromatic rings. The van der Waals surface area contributed by atoms with Gasteiger partial charge >= 0.3 is 0 Å².